The summed E-state index contributed by atoms with van der Waals surface area (Å²) in [4.78, 5) is 16.8. The van der Waals surface area contributed by atoms with Crippen LogP contribution in [0.4, 0.5) is 5.69 Å². The summed E-state index contributed by atoms with van der Waals surface area (Å²) < 4.78 is 5.66. The third-order valence-corrected chi connectivity index (χ3v) is 4.10. The minimum Gasteiger partial charge on any atom is -0.440 e. The third kappa shape index (κ3) is 2.65. The number of nitrogens with two attached hydrogens (primary N) is 1. The number of amides is 1. The van der Waals surface area contributed by atoms with Gasteiger partial charge in [0, 0.05) is 11.6 Å². The number of nitrogens with zero attached hydrogens (tertiary/aromatic N) is 1. The van der Waals surface area contributed by atoms with Crippen LogP contribution in [0, 0.1) is 0 Å². The lowest BCUT2D eigenvalue weighted by atomic mass is 9.98. The highest BCUT2D eigenvalue weighted by atomic mass is 16.3. The molecule has 1 heterocycles. The van der Waals surface area contributed by atoms with Gasteiger partial charge in [0.15, 0.2) is 11.5 Å². The Morgan fingerprint density at radius 2 is 2.10 bits per heavy atom. The van der Waals surface area contributed by atoms with Gasteiger partial charge in [0.05, 0.1) is 5.54 Å². The topological polar surface area (TPSA) is 81.2 Å². The van der Waals surface area contributed by atoms with Crippen molar-refractivity contribution in [2.75, 3.05) is 5.32 Å². The molecule has 1 aliphatic carbocycles. The second kappa shape index (κ2) is 5.15. The first-order chi connectivity index (χ1) is 9.98. The molecule has 0 atom stereocenters. The molecule has 1 saturated carbocycles. The Morgan fingerprint density at radius 3 is 2.76 bits per heavy atom. The average Bonchev–Trinajstić information content (AvgIpc) is 3.05. The molecule has 3 N–H and O–H groups in total. The van der Waals surface area contributed by atoms with E-state index in [1.807, 2.05) is 32.0 Å². The van der Waals surface area contributed by atoms with Crippen LogP contribution in [0.3, 0.4) is 0 Å². The summed E-state index contributed by atoms with van der Waals surface area (Å²) in [6, 6.07) is 5.50. The number of hydrogen-bond acceptors (Lipinski definition) is 4. The van der Waals surface area contributed by atoms with Gasteiger partial charge in [-0.15, -0.1) is 0 Å². The zero-order chi connectivity index (χ0) is 15.0. The molecule has 3 rings (SSSR count). The number of fused-ring (bicyclic) bond motifs is 1. The molecular weight excluding hydrogens is 266 g/mol. The Morgan fingerprint density at radius 1 is 1.38 bits per heavy atom. The minimum atomic E-state index is -0.720. The monoisotopic (exact) mass is 287 g/mol. The Hall–Kier alpha value is -1.88. The number of anilines is 1. The van der Waals surface area contributed by atoms with Crippen LogP contribution >= 0.6 is 0 Å². The van der Waals surface area contributed by atoms with Gasteiger partial charge in [-0.2, -0.15) is 0 Å². The minimum absolute atomic E-state index is 0.105. The van der Waals surface area contributed by atoms with Crippen molar-refractivity contribution in [1.82, 2.24) is 4.98 Å². The first-order valence-electron chi connectivity index (χ1n) is 7.49. The summed E-state index contributed by atoms with van der Waals surface area (Å²) in [6.07, 6.45) is 3.54. The summed E-state index contributed by atoms with van der Waals surface area (Å²) in [5, 5.41) is 2.91. The average molecular weight is 287 g/mol. The molecule has 1 amide bonds. The number of aromatic nitrogens is 1. The Labute approximate surface area is 123 Å². The molecule has 5 heteroatoms. The van der Waals surface area contributed by atoms with E-state index in [0.29, 0.717) is 11.6 Å². The predicted octanol–water partition coefficient (Wildman–Crippen LogP) is 3.16. The molecule has 5 nitrogen and oxygen atoms in total. The summed E-state index contributed by atoms with van der Waals surface area (Å²) >= 11 is 0. The zero-order valence-corrected chi connectivity index (χ0v) is 12.5. The van der Waals surface area contributed by atoms with Gasteiger partial charge in [-0.3, -0.25) is 4.79 Å². The molecule has 0 saturated heterocycles. The second-order valence-corrected chi connectivity index (χ2v) is 6.21. The molecule has 112 valence electrons. The van der Waals surface area contributed by atoms with Gasteiger partial charge in [-0.1, -0.05) is 26.7 Å². The van der Waals surface area contributed by atoms with E-state index in [9.17, 15) is 4.79 Å². The molecule has 0 bridgehead atoms. The third-order valence-electron chi connectivity index (χ3n) is 4.10. The Balaban J connectivity index is 1.82. The normalized spacial score (nSPS) is 17.5. The number of hydrogen-bond donors (Lipinski definition) is 2. The molecule has 0 aliphatic heterocycles. The lowest BCUT2D eigenvalue weighted by molar-refractivity contribution is -0.121. The number of rotatable bonds is 3. The van der Waals surface area contributed by atoms with Crippen molar-refractivity contribution < 1.29 is 9.21 Å². The van der Waals surface area contributed by atoms with Crippen LogP contribution in [0.2, 0.25) is 0 Å². The van der Waals surface area contributed by atoms with E-state index < -0.39 is 5.54 Å². The number of carbonyl (C=O) groups is 1. The highest BCUT2D eigenvalue weighted by Gasteiger charge is 2.36. The molecule has 0 radical (unpaired) electrons. The largest absolute Gasteiger partial charge is 0.440 e. The summed E-state index contributed by atoms with van der Waals surface area (Å²) in [6.45, 7) is 4.07. The van der Waals surface area contributed by atoms with Crippen LogP contribution < -0.4 is 11.1 Å². The molecule has 0 unspecified atom stereocenters. The van der Waals surface area contributed by atoms with E-state index in [0.717, 1.165) is 36.8 Å². The fourth-order valence-corrected chi connectivity index (χ4v) is 2.76. The maximum atomic E-state index is 12.3. The van der Waals surface area contributed by atoms with Crippen LogP contribution in [0.25, 0.3) is 11.1 Å². The lowest BCUT2D eigenvalue weighted by Gasteiger charge is -2.22. The lowest BCUT2D eigenvalue weighted by Crippen LogP contribution is -2.48. The van der Waals surface area contributed by atoms with Crippen molar-refractivity contribution in [2.45, 2.75) is 51.0 Å². The number of carbonyl (C=O) groups excluding carboxylic acids is 1. The van der Waals surface area contributed by atoms with Crippen LogP contribution in [0.5, 0.6) is 0 Å². The van der Waals surface area contributed by atoms with Gasteiger partial charge in [-0.05, 0) is 31.0 Å². The maximum Gasteiger partial charge on any atom is 0.244 e. The summed E-state index contributed by atoms with van der Waals surface area (Å²) in [7, 11) is 0. The van der Waals surface area contributed by atoms with E-state index in [2.05, 4.69) is 10.3 Å². The van der Waals surface area contributed by atoms with Crippen LogP contribution in [-0.4, -0.2) is 16.4 Å². The SMILES string of the molecule is CC(C)c1nc2cc(NC(=O)C3(N)CCCC3)ccc2o1. The van der Waals surface area contributed by atoms with Gasteiger partial charge in [-0.25, -0.2) is 4.98 Å². The van der Waals surface area contributed by atoms with Crippen LogP contribution in [-0.2, 0) is 4.79 Å². The van der Waals surface area contributed by atoms with E-state index in [-0.39, 0.29) is 11.8 Å². The molecule has 21 heavy (non-hydrogen) atoms. The molecule has 1 aromatic heterocycles. The van der Waals surface area contributed by atoms with Gasteiger partial charge in [0.25, 0.3) is 0 Å². The molecule has 1 aromatic carbocycles. The molecule has 1 fully saturated rings. The first-order valence-corrected chi connectivity index (χ1v) is 7.49. The molecule has 2 aromatic rings. The zero-order valence-electron chi connectivity index (χ0n) is 12.5. The standard InChI is InChI=1S/C16H21N3O2/c1-10(2)14-19-12-9-11(5-6-13(12)21-14)18-15(20)16(17)7-3-4-8-16/h5-6,9-10H,3-4,7-8,17H2,1-2H3,(H,18,20). The van der Waals surface area contributed by atoms with Crippen LogP contribution in [0.1, 0.15) is 51.3 Å². The van der Waals surface area contributed by atoms with Gasteiger partial charge in [0.1, 0.15) is 5.52 Å². The fourth-order valence-electron chi connectivity index (χ4n) is 2.76. The van der Waals surface area contributed by atoms with Crippen LogP contribution in [0.15, 0.2) is 22.6 Å². The smallest absolute Gasteiger partial charge is 0.244 e. The number of oxazole rings is 1. The van der Waals surface area contributed by atoms with E-state index in [1.165, 1.54) is 0 Å². The second-order valence-electron chi connectivity index (χ2n) is 6.21. The highest BCUT2D eigenvalue weighted by Crippen LogP contribution is 2.29. The van der Waals surface area contributed by atoms with Gasteiger partial charge < -0.3 is 15.5 Å². The predicted molar refractivity (Wildman–Crippen MR) is 82.1 cm³/mol. The van der Waals surface area contributed by atoms with Crippen molar-refractivity contribution in [3.63, 3.8) is 0 Å². The van der Waals surface area contributed by atoms with Gasteiger partial charge in [0.2, 0.25) is 5.91 Å². The van der Waals surface area contributed by atoms with Crippen molar-refractivity contribution in [3.8, 4) is 0 Å². The van der Waals surface area contributed by atoms with E-state index in [4.69, 9.17) is 10.2 Å². The van der Waals surface area contributed by atoms with E-state index in [1.54, 1.807) is 0 Å². The molecule has 0 spiro atoms. The molecule has 1 aliphatic rings. The van der Waals surface area contributed by atoms with Crippen molar-refractivity contribution in [2.24, 2.45) is 5.73 Å². The highest BCUT2D eigenvalue weighted by molar-refractivity contribution is 5.99. The summed E-state index contributed by atoms with van der Waals surface area (Å²) in [5.41, 5.74) is 7.65. The summed E-state index contributed by atoms with van der Waals surface area (Å²) in [5.74, 6) is 0.840. The maximum absolute atomic E-state index is 12.3. The quantitative estimate of drug-likeness (QED) is 0.908. The molecular formula is C16H21N3O2. The number of nitrogens with one attached hydrogen (secondary N) is 1. The van der Waals surface area contributed by atoms with Crippen molar-refractivity contribution in [1.29, 1.82) is 0 Å². The number of benzene rings is 1. The van der Waals surface area contributed by atoms with E-state index >= 15 is 0 Å². The fraction of sp³-hybridized carbons (Fsp3) is 0.500. The van der Waals surface area contributed by atoms with Crippen molar-refractivity contribution >= 4 is 22.7 Å². The van der Waals surface area contributed by atoms with Gasteiger partial charge >= 0.3 is 0 Å². The first kappa shape index (κ1) is 14.1. The Bertz CT molecular complexity index is 669. The Kier molecular flexibility index (Phi) is 3.45. The van der Waals surface area contributed by atoms with Crippen molar-refractivity contribution in [3.05, 3.63) is 24.1 Å².